The highest BCUT2D eigenvalue weighted by atomic mass is 35.5. The zero-order chi connectivity index (χ0) is 12.8. The summed E-state index contributed by atoms with van der Waals surface area (Å²) in [5.74, 6) is 1.32. The average Bonchev–Trinajstić information content (AvgIpc) is 2.38. The summed E-state index contributed by atoms with van der Waals surface area (Å²) in [5, 5.41) is 0.509. The van der Waals surface area contributed by atoms with Gasteiger partial charge in [0.05, 0.1) is 10.7 Å². The standard InChI is InChI=1S/C14H14ClNO2/c15-12-7-4-8-13(16)14(12)18-10-9-17-11-5-2-1-3-6-11/h1-8H,9-10,16H2. The van der Waals surface area contributed by atoms with Crippen molar-refractivity contribution < 1.29 is 9.47 Å². The summed E-state index contributed by atoms with van der Waals surface area (Å²) in [7, 11) is 0. The van der Waals surface area contributed by atoms with Gasteiger partial charge in [-0.1, -0.05) is 35.9 Å². The van der Waals surface area contributed by atoms with Gasteiger partial charge >= 0.3 is 0 Å². The molecule has 0 spiro atoms. The summed E-state index contributed by atoms with van der Waals surface area (Å²) >= 11 is 5.98. The number of hydrogen-bond donors (Lipinski definition) is 1. The Hall–Kier alpha value is -1.87. The molecule has 0 atom stereocenters. The molecule has 0 fully saturated rings. The fourth-order valence-corrected chi connectivity index (χ4v) is 1.73. The molecule has 0 radical (unpaired) electrons. The van der Waals surface area contributed by atoms with Crippen LogP contribution in [0.3, 0.4) is 0 Å². The number of ether oxygens (including phenoxy) is 2. The molecule has 94 valence electrons. The molecule has 0 amide bonds. The second-order valence-electron chi connectivity index (χ2n) is 3.67. The lowest BCUT2D eigenvalue weighted by Gasteiger charge is -2.11. The number of hydrogen-bond acceptors (Lipinski definition) is 3. The number of benzene rings is 2. The lowest BCUT2D eigenvalue weighted by molar-refractivity contribution is 0.218. The van der Waals surface area contributed by atoms with E-state index in [0.29, 0.717) is 29.7 Å². The van der Waals surface area contributed by atoms with Crippen molar-refractivity contribution in [2.75, 3.05) is 18.9 Å². The van der Waals surface area contributed by atoms with Gasteiger partial charge in [0.15, 0.2) is 5.75 Å². The molecule has 2 aromatic carbocycles. The van der Waals surface area contributed by atoms with Crippen molar-refractivity contribution >= 4 is 17.3 Å². The van der Waals surface area contributed by atoms with Crippen molar-refractivity contribution in [2.24, 2.45) is 0 Å². The van der Waals surface area contributed by atoms with Crippen LogP contribution in [0.25, 0.3) is 0 Å². The predicted octanol–water partition coefficient (Wildman–Crippen LogP) is 3.38. The van der Waals surface area contributed by atoms with E-state index in [-0.39, 0.29) is 0 Å². The third-order valence-corrected chi connectivity index (χ3v) is 2.64. The van der Waals surface area contributed by atoms with E-state index in [9.17, 15) is 0 Å². The van der Waals surface area contributed by atoms with E-state index >= 15 is 0 Å². The minimum Gasteiger partial charge on any atom is -0.490 e. The molecule has 3 nitrogen and oxygen atoms in total. The summed E-state index contributed by atoms with van der Waals surface area (Å²) < 4.78 is 11.0. The first-order valence-electron chi connectivity index (χ1n) is 5.62. The minimum absolute atomic E-state index is 0.392. The number of nitrogen functional groups attached to an aromatic ring is 1. The third-order valence-electron chi connectivity index (χ3n) is 2.34. The topological polar surface area (TPSA) is 44.5 Å². The first-order chi connectivity index (χ1) is 8.77. The molecule has 4 heteroatoms. The van der Waals surface area contributed by atoms with Crippen LogP contribution in [0.5, 0.6) is 11.5 Å². The number of nitrogens with two attached hydrogens (primary N) is 1. The molecule has 0 aliphatic rings. The molecular formula is C14H14ClNO2. The monoisotopic (exact) mass is 263 g/mol. The normalized spacial score (nSPS) is 10.1. The van der Waals surface area contributed by atoms with Gasteiger partial charge in [-0.05, 0) is 24.3 Å². The quantitative estimate of drug-likeness (QED) is 0.664. The minimum atomic E-state index is 0.392. The molecule has 2 aromatic rings. The molecule has 0 heterocycles. The summed E-state index contributed by atoms with van der Waals surface area (Å²) in [5.41, 5.74) is 6.29. The van der Waals surface area contributed by atoms with Crippen molar-refractivity contribution in [3.05, 3.63) is 53.6 Å². The Morgan fingerprint density at radius 2 is 1.61 bits per heavy atom. The number of rotatable bonds is 5. The molecule has 18 heavy (non-hydrogen) atoms. The summed E-state index contributed by atoms with van der Waals surface area (Å²) in [6, 6.07) is 14.8. The van der Waals surface area contributed by atoms with E-state index in [1.165, 1.54) is 0 Å². The fraction of sp³-hybridized carbons (Fsp3) is 0.143. The van der Waals surface area contributed by atoms with Crippen molar-refractivity contribution in [1.82, 2.24) is 0 Å². The molecule has 0 aliphatic carbocycles. The van der Waals surface area contributed by atoms with Crippen LogP contribution in [0.4, 0.5) is 5.69 Å². The highest BCUT2D eigenvalue weighted by Crippen LogP contribution is 2.30. The Kier molecular flexibility index (Phi) is 4.31. The molecule has 2 N–H and O–H groups in total. The van der Waals surface area contributed by atoms with Crippen LogP contribution in [-0.4, -0.2) is 13.2 Å². The molecular weight excluding hydrogens is 250 g/mol. The van der Waals surface area contributed by atoms with Gasteiger partial charge in [-0.3, -0.25) is 0 Å². The molecule has 0 saturated heterocycles. The highest BCUT2D eigenvalue weighted by Gasteiger charge is 2.05. The molecule has 0 bridgehead atoms. The fourth-order valence-electron chi connectivity index (χ4n) is 1.50. The number of halogens is 1. The van der Waals surface area contributed by atoms with E-state index in [4.69, 9.17) is 26.8 Å². The SMILES string of the molecule is Nc1cccc(Cl)c1OCCOc1ccccc1. The van der Waals surface area contributed by atoms with Crippen LogP contribution < -0.4 is 15.2 Å². The van der Waals surface area contributed by atoms with E-state index in [0.717, 1.165) is 5.75 Å². The maximum Gasteiger partial charge on any atom is 0.160 e. The summed E-state index contributed by atoms with van der Waals surface area (Å²) in [6.07, 6.45) is 0. The summed E-state index contributed by atoms with van der Waals surface area (Å²) in [6.45, 7) is 0.831. The van der Waals surface area contributed by atoms with Gasteiger partial charge in [0, 0.05) is 0 Å². The van der Waals surface area contributed by atoms with Crippen LogP contribution in [0.15, 0.2) is 48.5 Å². The van der Waals surface area contributed by atoms with Gasteiger partial charge in [0.25, 0.3) is 0 Å². The average molecular weight is 264 g/mol. The van der Waals surface area contributed by atoms with Crippen LogP contribution in [0.1, 0.15) is 0 Å². The van der Waals surface area contributed by atoms with Gasteiger partial charge in [-0.25, -0.2) is 0 Å². The Labute approximate surface area is 111 Å². The zero-order valence-corrected chi connectivity index (χ0v) is 10.6. The molecule has 0 aromatic heterocycles. The molecule has 0 aliphatic heterocycles. The van der Waals surface area contributed by atoms with Crippen molar-refractivity contribution in [3.63, 3.8) is 0 Å². The van der Waals surface area contributed by atoms with E-state index in [1.807, 2.05) is 30.3 Å². The highest BCUT2D eigenvalue weighted by molar-refractivity contribution is 6.32. The number of anilines is 1. The Balaban J connectivity index is 1.82. The third kappa shape index (κ3) is 3.31. The van der Waals surface area contributed by atoms with Gasteiger partial charge in [-0.15, -0.1) is 0 Å². The second kappa shape index (κ2) is 6.17. The lowest BCUT2D eigenvalue weighted by atomic mass is 10.3. The molecule has 0 saturated carbocycles. The smallest absolute Gasteiger partial charge is 0.160 e. The van der Waals surface area contributed by atoms with Crippen LogP contribution in [-0.2, 0) is 0 Å². The van der Waals surface area contributed by atoms with Gasteiger partial charge < -0.3 is 15.2 Å². The van der Waals surface area contributed by atoms with Crippen molar-refractivity contribution in [3.8, 4) is 11.5 Å². The Morgan fingerprint density at radius 1 is 0.889 bits per heavy atom. The van der Waals surface area contributed by atoms with E-state index in [2.05, 4.69) is 0 Å². The first-order valence-corrected chi connectivity index (χ1v) is 6.00. The van der Waals surface area contributed by atoms with Crippen LogP contribution in [0.2, 0.25) is 5.02 Å². The first kappa shape index (κ1) is 12.6. The van der Waals surface area contributed by atoms with Crippen molar-refractivity contribution in [2.45, 2.75) is 0 Å². The van der Waals surface area contributed by atoms with E-state index in [1.54, 1.807) is 18.2 Å². The van der Waals surface area contributed by atoms with Crippen molar-refractivity contribution in [1.29, 1.82) is 0 Å². The van der Waals surface area contributed by atoms with E-state index < -0.39 is 0 Å². The zero-order valence-electron chi connectivity index (χ0n) is 9.80. The maximum atomic E-state index is 5.98. The summed E-state index contributed by atoms with van der Waals surface area (Å²) in [4.78, 5) is 0. The largest absolute Gasteiger partial charge is 0.490 e. The van der Waals surface area contributed by atoms with Gasteiger partial charge in [0.1, 0.15) is 19.0 Å². The van der Waals surface area contributed by atoms with Crippen LogP contribution >= 0.6 is 11.6 Å². The maximum absolute atomic E-state index is 5.98. The van der Waals surface area contributed by atoms with Gasteiger partial charge in [-0.2, -0.15) is 0 Å². The molecule has 2 rings (SSSR count). The Bertz CT molecular complexity index is 482. The second-order valence-corrected chi connectivity index (χ2v) is 4.08. The van der Waals surface area contributed by atoms with Gasteiger partial charge in [0.2, 0.25) is 0 Å². The number of para-hydroxylation sites is 2. The predicted molar refractivity (Wildman–Crippen MR) is 73.3 cm³/mol. The Morgan fingerprint density at radius 3 is 2.33 bits per heavy atom. The van der Waals surface area contributed by atoms with Crippen LogP contribution in [0, 0.1) is 0 Å². The lowest BCUT2D eigenvalue weighted by Crippen LogP contribution is -2.10. The molecule has 0 unspecified atom stereocenters.